The molecule has 0 amide bonds. The third-order valence-electron chi connectivity index (χ3n) is 2.57. The molecule has 84 valence electrons. The van der Waals surface area contributed by atoms with Crippen LogP contribution in [-0.2, 0) is 0 Å². The second kappa shape index (κ2) is 4.14. The summed E-state index contributed by atoms with van der Waals surface area (Å²) in [6.07, 6.45) is 4.88. The molecule has 0 N–H and O–H groups in total. The summed E-state index contributed by atoms with van der Waals surface area (Å²) in [6, 6.07) is 9.84. The first-order valence-electron chi connectivity index (χ1n) is 5.18. The van der Waals surface area contributed by atoms with Gasteiger partial charge in [0.05, 0.1) is 12.5 Å². The van der Waals surface area contributed by atoms with Crippen molar-refractivity contribution >= 4 is 22.8 Å². The van der Waals surface area contributed by atoms with Crippen LogP contribution in [0.1, 0.15) is 11.1 Å². The van der Waals surface area contributed by atoms with E-state index in [4.69, 9.17) is 11.6 Å². The fourth-order valence-electron chi connectivity index (χ4n) is 1.73. The number of imidazole rings is 1. The largest absolute Gasteiger partial charge is 0.306 e. The number of halogens is 1. The van der Waals surface area contributed by atoms with Gasteiger partial charge in [-0.2, -0.15) is 0 Å². The number of rotatable bonds is 2. The van der Waals surface area contributed by atoms with Gasteiger partial charge in [0.2, 0.25) is 0 Å². The molecular weight excluding hydrogens is 236 g/mol. The molecule has 0 saturated carbocycles. The highest BCUT2D eigenvalue weighted by Gasteiger charge is 2.13. The lowest BCUT2D eigenvalue weighted by atomic mass is 10.2. The lowest BCUT2D eigenvalue weighted by Gasteiger charge is -2.11. The van der Waals surface area contributed by atoms with Gasteiger partial charge in [-0.05, 0) is 5.56 Å². The molecule has 4 nitrogen and oxygen atoms in total. The second-order valence-corrected chi connectivity index (χ2v) is 4.04. The van der Waals surface area contributed by atoms with Crippen molar-refractivity contribution in [2.45, 2.75) is 5.50 Å². The van der Waals surface area contributed by atoms with E-state index in [1.54, 1.807) is 12.5 Å². The molecule has 0 saturated heterocycles. The standard InChI is InChI=1S/C12H9ClN4/c13-11(9-4-2-1-3-5-9)17-8-16-12-10(17)6-14-7-15-12/h1-8,11H. The van der Waals surface area contributed by atoms with E-state index in [1.807, 2.05) is 34.9 Å². The molecule has 1 atom stereocenters. The van der Waals surface area contributed by atoms with Crippen LogP contribution in [0, 0.1) is 0 Å². The number of hydrogen-bond acceptors (Lipinski definition) is 3. The van der Waals surface area contributed by atoms with Crippen LogP contribution in [0.4, 0.5) is 0 Å². The number of fused-ring (bicyclic) bond motifs is 1. The molecule has 17 heavy (non-hydrogen) atoms. The van der Waals surface area contributed by atoms with Gasteiger partial charge >= 0.3 is 0 Å². The third kappa shape index (κ3) is 1.76. The molecular formula is C12H9ClN4. The third-order valence-corrected chi connectivity index (χ3v) is 3.04. The van der Waals surface area contributed by atoms with Crippen LogP contribution in [-0.4, -0.2) is 19.5 Å². The Morgan fingerprint density at radius 2 is 1.94 bits per heavy atom. The highest BCUT2D eigenvalue weighted by atomic mass is 35.5. The lowest BCUT2D eigenvalue weighted by Crippen LogP contribution is -2.02. The van der Waals surface area contributed by atoms with Gasteiger partial charge in [-0.25, -0.2) is 15.0 Å². The molecule has 0 aliphatic heterocycles. The van der Waals surface area contributed by atoms with Gasteiger partial charge in [0.1, 0.15) is 17.3 Å². The number of alkyl halides is 1. The molecule has 0 fully saturated rings. The average Bonchev–Trinajstić information content (AvgIpc) is 2.83. The van der Waals surface area contributed by atoms with Crippen molar-refractivity contribution in [3.05, 3.63) is 54.7 Å². The van der Waals surface area contributed by atoms with E-state index >= 15 is 0 Å². The van der Waals surface area contributed by atoms with Crippen LogP contribution < -0.4 is 0 Å². The Balaban J connectivity index is 2.10. The topological polar surface area (TPSA) is 43.6 Å². The van der Waals surface area contributed by atoms with Crippen molar-refractivity contribution in [2.75, 3.05) is 0 Å². The maximum Gasteiger partial charge on any atom is 0.180 e. The summed E-state index contributed by atoms with van der Waals surface area (Å²) in [5, 5.41) is 0. The molecule has 0 radical (unpaired) electrons. The smallest absolute Gasteiger partial charge is 0.180 e. The van der Waals surface area contributed by atoms with E-state index in [9.17, 15) is 0 Å². The summed E-state index contributed by atoms with van der Waals surface area (Å²) in [4.78, 5) is 12.3. The second-order valence-electron chi connectivity index (χ2n) is 3.63. The number of aromatic nitrogens is 4. The molecule has 0 aliphatic rings. The fourth-order valence-corrected chi connectivity index (χ4v) is 2.03. The van der Waals surface area contributed by atoms with E-state index in [-0.39, 0.29) is 5.50 Å². The molecule has 2 heterocycles. The first-order valence-corrected chi connectivity index (χ1v) is 5.61. The Bertz CT molecular complexity index is 635. The molecule has 1 aromatic carbocycles. The SMILES string of the molecule is ClC(c1ccccc1)n1cnc2ncncc21. The van der Waals surface area contributed by atoms with E-state index in [2.05, 4.69) is 15.0 Å². The van der Waals surface area contributed by atoms with Crippen LogP contribution in [0.25, 0.3) is 11.2 Å². The zero-order valence-electron chi connectivity index (χ0n) is 8.86. The maximum absolute atomic E-state index is 6.42. The van der Waals surface area contributed by atoms with Gasteiger partial charge in [-0.1, -0.05) is 41.9 Å². The van der Waals surface area contributed by atoms with Crippen LogP contribution in [0.5, 0.6) is 0 Å². The Morgan fingerprint density at radius 1 is 1.12 bits per heavy atom. The zero-order valence-corrected chi connectivity index (χ0v) is 9.62. The summed E-state index contributed by atoms with van der Waals surface area (Å²) in [5.74, 6) is 0. The summed E-state index contributed by atoms with van der Waals surface area (Å²) in [6.45, 7) is 0. The minimum atomic E-state index is -0.299. The van der Waals surface area contributed by atoms with Gasteiger partial charge < -0.3 is 4.57 Å². The maximum atomic E-state index is 6.42. The van der Waals surface area contributed by atoms with Crippen molar-refractivity contribution in [1.29, 1.82) is 0 Å². The predicted octanol–water partition coefficient (Wildman–Crippen LogP) is 2.61. The summed E-state index contributed by atoms with van der Waals surface area (Å²) in [5.41, 5.74) is 2.20. The van der Waals surface area contributed by atoms with E-state index in [1.165, 1.54) is 6.33 Å². The van der Waals surface area contributed by atoms with Crippen LogP contribution in [0.15, 0.2) is 49.2 Å². The average molecular weight is 245 g/mol. The lowest BCUT2D eigenvalue weighted by molar-refractivity contribution is 0.789. The molecule has 0 bridgehead atoms. The summed E-state index contributed by atoms with van der Waals surface area (Å²) in [7, 11) is 0. The summed E-state index contributed by atoms with van der Waals surface area (Å²) >= 11 is 6.42. The first kappa shape index (κ1) is 10.2. The first-order chi connectivity index (χ1) is 8.36. The van der Waals surface area contributed by atoms with Gasteiger partial charge in [-0.15, -0.1) is 0 Å². The molecule has 2 aromatic heterocycles. The fraction of sp³-hybridized carbons (Fsp3) is 0.0833. The molecule has 0 spiro atoms. The predicted molar refractivity (Wildman–Crippen MR) is 65.8 cm³/mol. The van der Waals surface area contributed by atoms with Crippen molar-refractivity contribution in [3.8, 4) is 0 Å². The molecule has 3 rings (SSSR count). The Kier molecular flexibility index (Phi) is 2.49. The highest BCUT2D eigenvalue weighted by Crippen LogP contribution is 2.25. The molecule has 5 heteroatoms. The van der Waals surface area contributed by atoms with Gasteiger partial charge in [0.15, 0.2) is 5.65 Å². The minimum absolute atomic E-state index is 0.299. The zero-order chi connectivity index (χ0) is 11.7. The minimum Gasteiger partial charge on any atom is -0.306 e. The normalized spacial score (nSPS) is 12.8. The van der Waals surface area contributed by atoms with E-state index in [0.29, 0.717) is 5.65 Å². The summed E-state index contributed by atoms with van der Waals surface area (Å²) < 4.78 is 1.85. The Labute approximate surface area is 103 Å². The van der Waals surface area contributed by atoms with Gasteiger partial charge in [0, 0.05) is 0 Å². The number of nitrogens with zero attached hydrogens (tertiary/aromatic N) is 4. The monoisotopic (exact) mass is 244 g/mol. The Hall–Kier alpha value is -1.94. The van der Waals surface area contributed by atoms with Crippen molar-refractivity contribution in [3.63, 3.8) is 0 Å². The molecule has 1 unspecified atom stereocenters. The van der Waals surface area contributed by atoms with Crippen molar-refractivity contribution < 1.29 is 0 Å². The van der Waals surface area contributed by atoms with E-state index < -0.39 is 0 Å². The molecule has 0 aliphatic carbocycles. The van der Waals surface area contributed by atoms with Crippen LogP contribution in [0.3, 0.4) is 0 Å². The highest BCUT2D eigenvalue weighted by molar-refractivity contribution is 6.21. The van der Waals surface area contributed by atoms with Crippen molar-refractivity contribution in [1.82, 2.24) is 19.5 Å². The van der Waals surface area contributed by atoms with Crippen LogP contribution in [0.2, 0.25) is 0 Å². The number of hydrogen-bond donors (Lipinski definition) is 0. The number of benzene rings is 1. The van der Waals surface area contributed by atoms with Gasteiger partial charge in [0.25, 0.3) is 0 Å². The van der Waals surface area contributed by atoms with Gasteiger partial charge in [-0.3, -0.25) is 0 Å². The van der Waals surface area contributed by atoms with Crippen LogP contribution >= 0.6 is 11.6 Å². The van der Waals surface area contributed by atoms with Crippen molar-refractivity contribution in [2.24, 2.45) is 0 Å². The Morgan fingerprint density at radius 3 is 2.76 bits per heavy atom. The quantitative estimate of drug-likeness (QED) is 0.651. The molecule has 3 aromatic rings. The van der Waals surface area contributed by atoms with E-state index in [0.717, 1.165) is 11.1 Å².